The average molecular weight is 428 g/mol. The Morgan fingerprint density at radius 1 is 1.03 bits per heavy atom. The van der Waals surface area contributed by atoms with E-state index in [0.717, 1.165) is 39.0 Å². The predicted octanol–water partition coefficient (Wildman–Crippen LogP) is 1.56. The Morgan fingerprint density at radius 3 is 2.13 bits per heavy atom. The fourth-order valence-electron chi connectivity index (χ4n) is 4.78. The zero-order valence-electron chi connectivity index (χ0n) is 19.3. The summed E-state index contributed by atoms with van der Waals surface area (Å²) in [4.78, 5) is 15.8. The summed E-state index contributed by atoms with van der Waals surface area (Å²) in [6, 6.07) is 0. The maximum atomic E-state index is 9.57. The minimum atomic E-state index is -0.313. The van der Waals surface area contributed by atoms with Crippen molar-refractivity contribution in [3.05, 3.63) is 36.4 Å². The van der Waals surface area contributed by atoms with Gasteiger partial charge in [0.1, 0.15) is 0 Å². The minimum Gasteiger partial charge on any atom is -0.437 e. The number of imidazole rings is 2. The van der Waals surface area contributed by atoms with Crippen molar-refractivity contribution in [3.8, 4) is 0 Å². The van der Waals surface area contributed by atoms with Gasteiger partial charge in [-0.2, -0.15) is 0 Å². The van der Waals surface area contributed by atoms with Gasteiger partial charge in [0.05, 0.1) is 18.3 Å². The highest BCUT2D eigenvalue weighted by Crippen LogP contribution is 2.21. The highest BCUT2D eigenvalue weighted by molar-refractivity contribution is 6.45. The fourth-order valence-corrected chi connectivity index (χ4v) is 4.78. The quantitative estimate of drug-likeness (QED) is 0.605. The minimum absolute atomic E-state index is 0.311. The molecule has 4 heterocycles. The SMILES string of the molecule is CB(O)N1CCC[C@@H](Cc2cn(C)cn2)C1.CB(O)N1CCC[C@@H](Cc2cnc[nH]2)C1. The molecule has 2 atom stereocenters. The van der Waals surface area contributed by atoms with Crippen molar-refractivity contribution in [1.29, 1.82) is 0 Å². The van der Waals surface area contributed by atoms with Gasteiger partial charge in [-0.3, -0.25) is 0 Å². The number of rotatable bonds is 6. The van der Waals surface area contributed by atoms with Gasteiger partial charge in [-0.15, -0.1) is 0 Å². The predicted molar refractivity (Wildman–Crippen MR) is 125 cm³/mol. The zero-order valence-corrected chi connectivity index (χ0v) is 19.3. The normalized spacial score (nSPS) is 22.6. The van der Waals surface area contributed by atoms with Crippen molar-refractivity contribution in [1.82, 2.24) is 29.1 Å². The van der Waals surface area contributed by atoms with E-state index in [1.807, 2.05) is 37.8 Å². The van der Waals surface area contributed by atoms with Crippen LogP contribution in [-0.2, 0) is 19.9 Å². The average Bonchev–Trinajstić information content (AvgIpc) is 3.40. The van der Waals surface area contributed by atoms with E-state index >= 15 is 0 Å². The van der Waals surface area contributed by atoms with Crippen LogP contribution in [0.3, 0.4) is 0 Å². The number of aryl methyl sites for hydroxylation is 1. The number of H-pyrrole nitrogens is 1. The molecule has 31 heavy (non-hydrogen) atoms. The molecule has 0 aromatic carbocycles. The van der Waals surface area contributed by atoms with E-state index in [1.165, 1.54) is 37.1 Å². The monoisotopic (exact) mass is 428 g/mol. The van der Waals surface area contributed by atoms with Crippen LogP contribution in [0.4, 0.5) is 0 Å². The molecule has 0 spiro atoms. The lowest BCUT2D eigenvalue weighted by Crippen LogP contribution is -2.44. The van der Waals surface area contributed by atoms with Crippen molar-refractivity contribution in [2.75, 3.05) is 26.2 Å². The molecular weight excluding hydrogens is 390 g/mol. The first-order valence-electron chi connectivity index (χ1n) is 11.7. The van der Waals surface area contributed by atoms with Crippen LogP contribution in [0.15, 0.2) is 25.0 Å². The smallest absolute Gasteiger partial charge is 0.376 e. The topological polar surface area (TPSA) is 93.4 Å². The number of hydrogen-bond acceptors (Lipinski definition) is 6. The first-order chi connectivity index (χ1) is 14.9. The molecule has 2 aliphatic rings. The van der Waals surface area contributed by atoms with Crippen molar-refractivity contribution < 1.29 is 10.0 Å². The van der Waals surface area contributed by atoms with Crippen LogP contribution in [0.5, 0.6) is 0 Å². The second kappa shape index (κ2) is 11.9. The van der Waals surface area contributed by atoms with Crippen LogP contribution >= 0.6 is 0 Å². The summed E-state index contributed by atoms with van der Waals surface area (Å²) < 4.78 is 1.99. The van der Waals surface area contributed by atoms with Gasteiger partial charge in [-0.05, 0) is 90.2 Å². The Bertz CT molecular complexity index is 755. The fraction of sp³-hybridized carbons (Fsp3) is 0.714. The Morgan fingerprint density at radius 2 is 1.65 bits per heavy atom. The molecule has 170 valence electrons. The van der Waals surface area contributed by atoms with Gasteiger partial charge in [-0.25, -0.2) is 9.97 Å². The van der Waals surface area contributed by atoms with E-state index in [-0.39, 0.29) is 14.1 Å². The van der Waals surface area contributed by atoms with E-state index < -0.39 is 0 Å². The van der Waals surface area contributed by atoms with E-state index in [9.17, 15) is 10.0 Å². The van der Waals surface area contributed by atoms with Crippen LogP contribution < -0.4 is 0 Å². The molecule has 8 nitrogen and oxygen atoms in total. The van der Waals surface area contributed by atoms with Gasteiger partial charge in [-0.1, -0.05) is 0 Å². The lowest BCUT2D eigenvalue weighted by Gasteiger charge is -2.33. The molecule has 0 amide bonds. The van der Waals surface area contributed by atoms with Crippen LogP contribution in [0.1, 0.15) is 37.1 Å². The molecule has 2 saturated heterocycles. The van der Waals surface area contributed by atoms with Crippen LogP contribution in [0.25, 0.3) is 0 Å². The molecule has 3 N–H and O–H groups in total. The number of aromatic nitrogens is 4. The van der Waals surface area contributed by atoms with Gasteiger partial charge in [0.25, 0.3) is 0 Å². The van der Waals surface area contributed by atoms with Crippen molar-refractivity contribution in [2.45, 2.75) is 52.2 Å². The third-order valence-corrected chi connectivity index (χ3v) is 6.48. The molecule has 0 aliphatic carbocycles. The van der Waals surface area contributed by atoms with E-state index in [4.69, 9.17) is 0 Å². The van der Waals surface area contributed by atoms with E-state index in [2.05, 4.69) is 30.8 Å². The molecule has 0 unspecified atom stereocenters. The zero-order chi connectivity index (χ0) is 22.2. The number of piperidine rings is 2. The number of aromatic amines is 1. The molecule has 0 bridgehead atoms. The van der Waals surface area contributed by atoms with Gasteiger partial charge >= 0.3 is 14.1 Å². The van der Waals surface area contributed by atoms with Gasteiger partial charge < -0.3 is 29.2 Å². The summed E-state index contributed by atoms with van der Waals surface area (Å²) >= 11 is 0. The molecule has 4 rings (SSSR count). The molecular formula is C21H38B2N6O2. The summed E-state index contributed by atoms with van der Waals surface area (Å²) in [7, 11) is 1.38. The summed E-state index contributed by atoms with van der Waals surface area (Å²) in [5, 5.41) is 19.1. The Balaban J connectivity index is 0.000000176. The number of hydrogen-bond donors (Lipinski definition) is 3. The van der Waals surface area contributed by atoms with Crippen molar-refractivity contribution >= 4 is 14.1 Å². The van der Waals surface area contributed by atoms with Crippen molar-refractivity contribution in [2.24, 2.45) is 18.9 Å². The van der Waals surface area contributed by atoms with Gasteiger partial charge in [0.2, 0.25) is 0 Å². The Kier molecular flexibility index (Phi) is 9.19. The molecule has 0 saturated carbocycles. The largest absolute Gasteiger partial charge is 0.437 e. The maximum Gasteiger partial charge on any atom is 0.376 e. The lowest BCUT2D eigenvalue weighted by molar-refractivity contribution is 0.241. The number of nitrogens with zero attached hydrogens (tertiary/aromatic N) is 5. The van der Waals surface area contributed by atoms with E-state index in [1.54, 1.807) is 6.33 Å². The summed E-state index contributed by atoms with van der Waals surface area (Å²) in [5.41, 5.74) is 2.37. The molecule has 10 heteroatoms. The molecule has 0 radical (unpaired) electrons. The van der Waals surface area contributed by atoms with Crippen molar-refractivity contribution in [3.63, 3.8) is 0 Å². The first-order valence-corrected chi connectivity index (χ1v) is 11.7. The Labute approximate surface area is 187 Å². The van der Waals surface area contributed by atoms with Crippen LogP contribution in [0.2, 0.25) is 13.6 Å². The van der Waals surface area contributed by atoms with E-state index in [0.29, 0.717) is 11.8 Å². The second-order valence-electron chi connectivity index (χ2n) is 9.29. The summed E-state index contributed by atoms with van der Waals surface area (Å²) in [6.07, 6.45) is 14.5. The van der Waals surface area contributed by atoms with Crippen LogP contribution in [0, 0.1) is 11.8 Å². The third-order valence-electron chi connectivity index (χ3n) is 6.48. The van der Waals surface area contributed by atoms with Crippen LogP contribution in [-0.4, -0.2) is 79.5 Å². The maximum absolute atomic E-state index is 9.57. The highest BCUT2D eigenvalue weighted by Gasteiger charge is 2.26. The summed E-state index contributed by atoms with van der Waals surface area (Å²) in [5.74, 6) is 1.28. The highest BCUT2D eigenvalue weighted by atomic mass is 16.2. The third kappa shape index (κ3) is 7.79. The molecule has 2 aromatic rings. The number of nitrogens with one attached hydrogen (secondary N) is 1. The van der Waals surface area contributed by atoms with Gasteiger partial charge in [0.15, 0.2) is 0 Å². The standard InChI is InChI=1S/C11H20BN3O.C10H18BN3O/c1-12(16)15-5-3-4-10(7-15)6-11-8-14(2)9-13-11;1-11(15)14-4-2-3-9(7-14)5-10-6-12-8-13-10/h8-10,16H,3-7H2,1-2H3;6,8-9,15H,2-5,7H2,1H3,(H,12,13)/t10-;9-/m00/s1. The Hall–Kier alpha value is -1.61. The molecule has 2 aromatic heterocycles. The lowest BCUT2D eigenvalue weighted by atomic mass is 9.80. The van der Waals surface area contributed by atoms with Gasteiger partial charge in [0, 0.05) is 25.1 Å². The molecule has 2 fully saturated rings. The summed E-state index contributed by atoms with van der Waals surface area (Å²) in [6.45, 7) is 7.74. The molecule has 2 aliphatic heterocycles. The first kappa shape index (κ1) is 24.0. The second-order valence-corrected chi connectivity index (χ2v) is 9.29.